The van der Waals surface area contributed by atoms with E-state index in [9.17, 15) is 19.7 Å². The highest BCUT2D eigenvalue weighted by Gasteiger charge is 2.34. The molecule has 0 amide bonds. The number of nitro groups is 1. The molecule has 0 fully saturated rings. The van der Waals surface area contributed by atoms with Crippen LogP contribution < -0.4 is 0 Å². The summed E-state index contributed by atoms with van der Waals surface area (Å²) in [5.41, 5.74) is -0.890. The molecule has 0 bridgehead atoms. The zero-order chi connectivity index (χ0) is 21.1. The Morgan fingerprint density at radius 2 is 1.59 bits per heavy atom. The Morgan fingerprint density at radius 3 is 2.17 bits per heavy atom. The van der Waals surface area contributed by atoms with E-state index in [1.165, 1.54) is 24.3 Å². The SMILES string of the molecule is COC(=O)c1c(C(=O)OC)c(-c2cccc([N+](=O)[O-])c2)n(-c2ccccc2)c1F. The predicted molar refractivity (Wildman–Crippen MR) is 100 cm³/mol. The molecule has 0 radical (unpaired) electrons. The first-order chi connectivity index (χ1) is 13.9. The lowest BCUT2D eigenvalue weighted by Crippen LogP contribution is -2.11. The van der Waals surface area contributed by atoms with Gasteiger partial charge in [0.25, 0.3) is 5.69 Å². The summed E-state index contributed by atoms with van der Waals surface area (Å²) in [4.78, 5) is 35.4. The number of benzene rings is 2. The van der Waals surface area contributed by atoms with E-state index in [2.05, 4.69) is 4.74 Å². The van der Waals surface area contributed by atoms with Crippen molar-refractivity contribution in [1.29, 1.82) is 0 Å². The van der Waals surface area contributed by atoms with Crippen LogP contribution in [0.5, 0.6) is 0 Å². The molecule has 3 rings (SSSR count). The van der Waals surface area contributed by atoms with Crippen molar-refractivity contribution < 1.29 is 28.4 Å². The lowest BCUT2D eigenvalue weighted by molar-refractivity contribution is -0.384. The van der Waals surface area contributed by atoms with E-state index in [1.54, 1.807) is 30.3 Å². The maximum Gasteiger partial charge on any atom is 0.343 e. The van der Waals surface area contributed by atoms with Gasteiger partial charge in [-0.3, -0.25) is 14.7 Å². The second-order valence-electron chi connectivity index (χ2n) is 5.85. The molecule has 0 spiro atoms. The quantitative estimate of drug-likeness (QED) is 0.368. The van der Waals surface area contributed by atoms with E-state index in [0.717, 1.165) is 18.8 Å². The lowest BCUT2D eigenvalue weighted by Gasteiger charge is -2.11. The highest BCUT2D eigenvalue weighted by Crippen LogP contribution is 2.36. The molecule has 1 heterocycles. The number of hydrogen-bond acceptors (Lipinski definition) is 6. The number of aromatic nitrogens is 1. The molecule has 8 nitrogen and oxygen atoms in total. The molecule has 0 aliphatic heterocycles. The third-order valence-electron chi connectivity index (χ3n) is 4.24. The van der Waals surface area contributed by atoms with Crippen LogP contribution in [0.15, 0.2) is 54.6 Å². The number of carbonyl (C=O) groups excluding carboxylic acids is 2. The minimum atomic E-state index is -1.08. The van der Waals surface area contributed by atoms with Gasteiger partial charge in [0, 0.05) is 23.4 Å². The van der Waals surface area contributed by atoms with Crippen LogP contribution in [0.25, 0.3) is 16.9 Å². The van der Waals surface area contributed by atoms with Crippen molar-refractivity contribution in [2.24, 2.45) is 0 Å². The first-order valence-electron chi connectivity index (χ1n) is 8.31. The Morgan fingerprint density at radius 1 is 0.966 bits per heavy atom. The summed E-state index contributed by atoms with van der Waals surface area (Å²) in [7, 11) is 2.13. The van der Waals surface area contributed by atoms with Crippen LogP contribution >= 0.6 is 0 Å². The minimum absolute atomic E-state index is 0.0651. The van der Waals surface area contributed by atoms with Gasteiger partial charge in [-0.05, 0) is 12.1 Å². The van der Waals surface area contributed by atoms with E-state index in [1.807, 2.05) is 0 Å². The van der Waals surface area contributed by atoms with E-state index < -0.39 is 28.4 Å². The maximum atomic E-state index is 15.4. The van der Waals surface area contributed by atoms with Crippen molar-refractivity contribution in [2.45, 2.75) is 0 Å². The Balaban J connectivity index is 2.47. The lowest BCUT2D eigenvalue weighted by atomic mass is 10.0. The molecule has 3 aromatic rings. The Bertz CT molecular complexity index is 1110. The molecule has 9 heteroatoms. The van der Waals surface area contributed by atoms with Crippen molar-refractivity contribution in [3.63, 3.8) is 0 Å². The molecule has 0 aliphatic carbocycles. The first-order valence-corrected chi connectivity index (χ1v) is 8.31. The van der Waals surface area contributed by atoms with Crippen LogP contribution in [0.2, 0.25) is 0 Å². The van der Waals surface area contributed by atoms with Crippen LogP contribution in [0, 0.1) is 16.1 Å². The van der Waals surface area contributed by atoms with E-state index in [4.69, 9.17) is 4.74 Å². The molecule has 0 unspecified atom stereocenters. The van der Waals surface area contributed by atoms with Gasteiger partial charge >= 0.3 is 11.9 Å². The Labute approximate surface area is 164 Å². The van der Waals surface area contributed by atoms with Gasteiger partial charge in [0.15, 0.2) is 0 Å². The van der Waals surface area contributed by atoms with E-state index in [-0.39, 0.29) is 22.5 Å². The van der Waals surface area contributed by atoms with Crippen LogP contribution in [0.1, 0.15) is 20.7 Å². The Kier molecular flexibility index (Phi) is 5.40. The molecule has 0 aliphatic rings. The molecular weight excluding hydrogens is 383 g/mol. The summed E-state index contributed by atoms with van der Waals surface area (Å²) in [5, 5.41) is 11.2. The average molecular weight is 398 g/mol. The Hall–Kier alpha value is -4.01. The molecule has 0 saturated carbocycles. The van der Waals surface area contributed by atoms with Gasteiger partial charge in [0.1, 0.15) is 11.1 Å². The second kappa shape index (κ2) is 7.93. The zero-order valence-corrected chi connectivity index (χ0v) is 15.4. The fourth-order valence-corrected chi connectivity index (χ4v) is 2.99. The molecule has 1 aromatic heterocycles. The summed E-state index contributed by atoms with van der Waals surface area (Å²) in [5.74, 6) is -3.12. The number of rotatable bonds is 5. The van der Waals surface area contributed by atoms with Crippen molar-refractivity contribution in [3.8, 4) is 16.9 Å². The second-order valence-corrected chi connectivity index (χ2v) is 5.85. The third kappa shape index (κ3) is 3.45. The van der Waals surface area contributed by atoms with E-state index in [0.29, 0.717) is 5.69 Å². The number of para-hydroxylation sites is 1. The van der Waals surface area contributed by atoms with E-state index >= 15 is 4.39 Å². The number of methoxy groups -OCH3 is 2. The topological polar surface area (TPSA) is 101 Å². The number of nitrogens with zero attached hydrogens (tertiary/aromatic N) is 2. The number of nitro benzene ring substituents is 1. The van der Waals surface area contributed by atoms with Crippen molar-refractivity contribution >= 4 is 17.6 Å². The highest BCUT2D eigenvalue weighted by molar-refractivity contribution is 6.08. The summed E-state index contributed by atoms with van der Waals surface area (Å²) < 4.78 is 25.9. The number of esters is 2. The number of hydrogen-bond donors (Lipinski definition) is 0. The fraction of sp³-hybridized carbons (Fsp3) is 0.100. The van der Waals surface area contributed by atoms with Gasteiger partial charge in [-0.25, -0.2) is 9.59 Å². The number of ether oxygens (including phenoxy) is 2. The van der Waals surface area contributed by atoms with Crippen molar-refractivity contribution in [2.75, 3.05) is 14.2 Å². The normalized spacial score (nSPS) is 10.4. The van der Waals surface area contributed by atoms with Gasteiger partial charge in [-0.2, -0.15) is 4.39 Å². The number of non-ortho nitro benzene ring substituents is 1. The fourth-order valence-electron chi connectivity index (χ4n) is 2.99. The average Bonchev–Trinajstić information content (AvgIpc) is 3.06. The molecule has 2 aromatic carbocycles. The monoisotopic (exact) mass is 398 g/mol. The summed E-state index contributed by atoms with van der Waals surface area (Å²) in [6.45, 7) is 0. The number of carbonyl (C=O) groups is 2. The molecule has 29 heavy (non-hydrogen) atoms. The van der Waals surface area contributed by atoms with Gasteiger partial charge < -0.3 is 9.47 Å². The van der Waals surface area contributed by atoms with Gasteiger partial charge in [0.05, 0.1) is 24.8 Å². The van der Waals surface area contributed by atoms with Crippen LogP contribution in [-0.4, -0.2) is 35.6 Å². The smallest absolute Gasteiger partial charge is 0.343 e. The highest BCUT2D eigenvalue weighted by atomic mass is 19.1. The summed E-state index contributed by atoms with van der Waals surface area (Å²) in [6, 6.07) is 13.4. The third-order valence-corrected chi connectivity index (χ3v) is 4.24. The molecule has 148 valence electrons. The van der Waals surface area contributed by atoms with Gasteiger partial charge in [-0.15, -0.1) is 0 Å². The largest absolute Gasteiger partial charge is 0.465 e. The zero-order valence-electron chi connectivity index (χ0n) is 15.4. The standard InChI is InChI=1S/C20H15FN2O6/c1-28-19(24)15-16(20(25)29-2)18(21)22(13-8-4-3-5-9-13)17(15)12-7-6-10-14(11-12)23(26)27/h3-11H,1-2H3. The van der Waals surface area contributed by atoms with Gasteiger partial charge in [-0.1, -0.05) is 30.3 Å². The minimum Gasteiger partial charge on any atom is -0.465 e. The first kappa shape index (κ1) is 19.7. The summed E-state index contributed by atoms with van der Waals surface area (Å²) in [6.07, 6.45) is 0. The number of halogens is 1. The van der Waals surface area contributed by atoms with Crippen LogP contribution in [-0.2, 0) is 9.47 Å². The summed E-state index contributed by atoms with van der Waals surface area (Å²) >= 11 is 0. The van der Waals surface area contributed by atoms with Crippen LogP contribution in [0.4, 0.5) is 10.1 Å². The molecule has 0 atom stereocenters. The predicted octanol–water partition coefficient (Wildman–Crippen LogP) is 3.76. The van der Waals surface area contributed by atoms with Crippen molar-refractivity contribution in [3.05, 3.63) is 81.8 Å². The van der Waals surface area contributed by atoms with Crippen LogP contribution in [0.3, 0.4) is 0 Å². The van der Waals surface area contributed by atoms with Gasteiger partial charge in [0.2, 0.25) is 5.95 Å². The van der Waals surface area contributed by atoms with Crippen molar-refractivity contribution in [1.82, 2.24) is 4.57 Å². The molecule has 0 N–H and O–H groups in total. The molecule has 0 saturated heterocycles. The molecular formula is C20H15FN2O6. The maximum absolute atomic E-state index is 15.4.